The van der Waals surface area contributed by atoms with Gasteiger partial charge in [0.05, 0.1) is 12.8 Å². The van der Waals surface area contributed by atoms with E-state index in [-0.39, 0.29) is 0 Å². The number of oxime groups is 1. The van der Waals surface area contributed by atoms with Gasteiger partial charge in [-0.2, -0.15) is 0 Å². The van der Waals surface area contributed by atoms with Crippen LogP contribution in [-0.4, -0.2) is 56.8 Å². The Morgan fingerprint density at radius 3 is 2.32 bits per heavy atom. The second kappa shape index (κ2) is 10.4. The van der Waals surface area contributed by atoms with Gasteiger partial charge in [0.1, 0.15) is 30.2 Å². The first-order chi connectivity index (χ1) is 13.4. The van der Waals surface area contributed by atoms with Crippen molar-refractivity contribution in [3.05, 3.63) is 64.2 Å². The first-order valence-electron chi connectivity index (χ1n) is 8.77. The lowest BCUT2D eigenvalue weighted by Crippen LogP contribution is -2.41. The third kappa shape index (κ3) is 5.67. The topological polar surface area (TPSA) is 123 Å². The molecule has 28 heavy (non-hydrogen) atoms. The van der Waals surface area contributed by atoms with Gasteiger partial charge >= 0.3 is 0 Å². The van der Waals surface area contributed by atoms with Crippen LogP contribution in [0.4, 0.5) is 0 Å². The average Bonchev–Trinajstić information content (AvgIpc) is 2.69. The normalized spacial score (nSPS) is 15.9. The predicted molar refractivity (Wildman–Crippen MR) is 105 cm³/mol. The highest BCUT2D eigenvalue weighted by Gasteiger charge is 2.31. The number of aliphatic hydroxyl groups excluding tert-OH is 4. The fourth-order valence-corrected chi connectivity index (χ4v) is 2.93. The molecule has 5 N–H and O–H groups in total. The maximum atomic E-state index is 10.4. The van der Waals surface area contributed by atoms with Crippen LogP contribution in [-0.2, 0) is 6.42 Å². The fraction of sp³-hybridized carbons (Fsp3) is 0.350. The Morgan fingerprint density at radius 1 is 1.04 bits per heavy atom. The lowest BCUT2D eigenvalue weighted by atomic mass is 9.95. The summed E-state index contributed by atoms with van der Waals surface area (Å²) in [6.07, 6.45) is -5.41. The fourth-order valence-electron chi connectivity index (χ4n) is 2.75. The summed E-state index contributed by atoms with van der Waals surface area (Å²) < 4.78 is 5.41. The highest BCUT2D eigenvalue weighted by molar-refractivity contribution is 6.31. The number of rotatable bonds is 9. The molecule has 0 unspecified atom stereocenters. The van der Waals surface area contributed by atoms with E-state index in [2.05, 4.69) is 5.16 Å². The molecule has 2 aromatic carbocycles. The first-order valence-corrected chi connectivity index (χ1v) is 9.15. The molecule has 0 fully saturated rings. The Bertz CT molecular complexity index is 783. The van der Waals surface area contributed by atoms with Gasteiger partial charge < -0.3 is 30.4 Å². The van der Waals surface area contributed by atoms with E-state index in [4.69, 9.17) is 21.5 Å². The van der Waals surface area contributed by atoms with Gasteiger partial charge in [0.2, 0.25) is 0 Å². The maximum Gasteiger partial charge on any atom is 0.121 e. The minimum Gasteiger partial charge on any atom is -0.494 e. The summed E-state index contributed by atoms with van der Waals surface area (Å²) in [5.74, 6) is 0.767. The summed E-state index contributed by atoms with van der Waals surface area (Å²) in [5.41, 5.74) is 2.03. The first kappa shape index (κ1) is 22.1. The largest absolute Gasteiger partial charge is 0.494 e. The van der Waals surface area contributed by atoms with E-state index in [1.54, 1.807) is 12.1 Å². The minimum atomic E-state index is -1.74. The summed E-state index contributed by atoms with van der Waals surface area (Å²) in [7, 11) is 0. The third-order valence-corrected chi connectivity index (χ3v) is 4.65. The Kier molecular flexibility index (Phi) is 8.22. The van der Waals surface area contributed by atoms with E-state index < -0.39 is 24.4 Å². The zero-order valence-corrected chi connectivity index (χ0v) is 16.1. The molecule has 2 aromatic rings. The van der Waals surface area contributed by atoms with Crippen molar-refractivity contribution in [2.24, 2.45) is 5.16 Å². The van der Waals surface area contributed by atoms with Gasteiger partial charge in [-0.15, -0.1) is 0 Å². The Morgan fingerprint density at radius 2 is 1.71 bits per heavy atom. The van der Waals surface area contributed by atoms with Gasteiger partial charge in [-0.1, -0.05) is 41.0 Å². The lowest BCUT2D eigenvalue weighted by molar-refractivity contribution is -0.0895. The number of halogens is 1. The molecule has 0 aliphatic rings. The van der Waals surface area contributed by atoms with Crippen LogP contribution >= 0.6 is 11.6 Å². The average molecular weight is 410 g/mol. The van der Waals surface area contributed by atoms with E-state index >= 15 is 0 Å². The van der Waals surface area contributed by atoms with Crippen molar-refractivity contribution in [1.29, 1.82) is 0 Å². The smallest absolute Gasteiger partial charge is 0.121 e. The molecule has 0 saturated carbocycles. The molecule has 0 aliphatic carbocycles. The standard InChI is InChI=1S/C20H24ClNO6/c1-2-28-15-6-3-12(4-7-15)9-14-10-13(5-8-16(14)21)18(24)20(26)19(25)17(23)11-22-27/h3-8,10-11,17-20,23-27H,2,9H2,1H3/t17-,18+,19+,20+/m1/s1. The van der Waals surface area contributed by atoms with E-state index in [1.165, 1.54) is 6.07 Å². The molecule has 0 radical (unpaired) electrons. The van der Waals surface area contributed by atoms with E-state index in [9.17, 15) is 20.4 Å². The molecule has 0 bridgehead atoms. The molecule has 7 nitrogen and oxygen atoms in total. The second-order valence-corrected chi connectivity index (χ2v) is 6.69. The maximum absolute atomic E-state index is 10.4. The summed E-state index contributed by atoms with van der Waals surface area (Å²) in [6, 6.07) is 12.3. The van der Waals surface area contributed by atoms with E-state index in [0.717, 1.165) is 16.9 Å². The molecule has 0 aliphatic heterocycles. The number of ether oxygens (including phenoxy) is 1. The number of hydrogen-bond donors (Lipinski definition) is 5. The van der Waals surface area contributed by atoms with Crippen LogP contribution in [0.25, 0.3) is 0 Å². The van der Waals surface area contributed by atoms with Gasteiger partial charge in [-0.3, -0.25) is 0 Å². The predicted octanol–water partition coefficient (Wildman–Crippen LogP) is 1.91. The van der Waals surface area contributed by atoms with Crippen molar-refractivity contribution in [3.63, 3.8) is 0 Å². The van der Waals surface area contributed by atoms with Crippen molar-refractivity contribution in [3.8, 4) is 5.75 Å². The molecule has 0 aromatic heterocycles. The van der Waals surface area contributed by atoms with Gasteiger partial charge in [0, 0.05) is 5.02 Å². The van der Waals surface area contributed by atoms with Crippen LogP contribution in [0.15, 0.2) is 47.6 Å². The molecule has 8 heteroatoms. The zero-order chi connectivity index (χ0) is 20.7. The van der Waals surface area contributed by atoms with Gasteiger partial charge in [-0.25, -0.2) is 0 Å². The van der Waals surface area contributed by atoms with Crippen molar-refractivity contribution in [2.45, 2.75) is 37.8 Å². The van der Waals surface area contributed by atoms with Crippen LogP contribution in [0, 0.1) is 0 Å². The zero-order valence-electron chi connectivity index (χ0n) is 15.3. The highest BCUT2D eigenvalue weighted by atomic mass is 35.5. The van der Waals surface area contributed by atoms with Crippen molar-refractivity contribution < 1.29 is 30.4 Å². The van der Waals surface area contributed by atoms with Gasteiger partial charge in [-0.05, 0) is 48.2 Å². The van der Waals surface area contributed by atoms with Crippen molar-refractivity contribution in [2.75, 3.05) is 6.61 Å². The van der Waals surface area contributed by atoms with Crippen LogP contribution < -0.4 is 4.74 Å². The molecule has 0 saturated heterocycles. The number of nitrogens with zero attached hydrogens (tertiary/aromatic N) is 1. The molecule has 0 amide bonds. The summed E-state index contributed by atoms with van der Waals surface area (Å²) in [6.45, 7) is 2.49. The molecule has 152 valence electrons. The molecular formula is C20H24ClNO6. The van der Waals surface area contributed by atoms with Crippen molar-refractivity contribution in [1.82, 2.24) is 0 Å². The van der Waals surface area contributed by atoms with Gasteiger partial charge in [0.15, 0.2) is 0 Å². The summed E-state index contributed by atoms with van der Waals surface area (Å²) in [4.78, 5) is 0. The highest BCUT2D eigenvalue weighted by Crippen LogP contribution is 2.27. The Hall–Kier alpha value is -2.16. The van der Waals surface area contributed by atoms with E-state index in [1.807, 2.05) is 31.2 Å². The number of benzene rings is 2. The molecule has 4 atom stereocenters. The SMILES string of the molecule is CCOc1ccc(Cc2cc([C@H](O)[C@H](O)[C@@H](O)[C@H](O)C=NO)ccc2Cl)cc1. The third-order valence-electron chi connectivity index (χ3n) is 4.28. The van der Waals surface area contributed by atoms with E-state index in [0.29, 0.717) is 29.8 Å². The van der Waals surface area contributed by atoms with Crippen molar-refractivity contribution >= 4 is 17.8 Å². The number of hydrogen-bond acceptors (Lipinski definition) is 7. The molecule has 2 rings (SSSR count). The Balaban J connectivity index is 2.17. The van der Waals surface area contributed by atoms with Crippen LogP contribution in [0.2, 0.25) is 5.02 Å². The van der Waals surface area contributed by atoms with Crippen LogP contribution in [0.1, 0.15) is 29.7 Å². The molecular weight excluding hydrogens is 386 g/mol. The second-order valence-electron chi connectivity index (χ2n) is 6.29. The Labute approximate surface area is 168 Å². The molecule has 0 heterocycles. The quantitative estimate of drug-likeness (QED) is 0.245. The number of aliphatic hydroxyl groups is 4. The summed E-state index contributed by atoms with van der Waals surface area (Å²) >= 11 is 6.26. The van der Waals surface area contributed by atoms with Crippen LogP contribution in [0.3, 0.4) is 0 Å². The lowest BCUT2D eigenvalue weighted by Gasteiger charge is -2.25. The summed E-state index contributed by atoms with van der Waals surface area (Å²) in [5, 5.41) is 51.4. The molecule has 0 spiro atoms. The monoisotopic (exact) mass is 409 g/mol. The minimum absolute atomic E-state index is 0.324. The van der Waals surface area contributed by atoms with Gasteiger partial charge in [0.25, 0.3) is 0 Å². The van der Waals surface area contributed by atoms with Crippen LogP contribution in [0.5, 0.6) is 5.75 Å².